The smallest absolute Gasteiger partial charge is 0.246 e. The van der Waals surface area contributed by atoms with Gasteiger partial charge in [-0.1, -0.05) is 36.9 Å². The van der Waals surface area contributed by atoms with Gasteiger partial charge in [-0.05, 0) is 50.5 Å². The minimum absolute atomic E-state index is 0.0968. The van der Waals surface area contributed by atoms with E-state index in [1.165, 1.54) is 0 Å². The highest BCUT2D eigenvalue weighted by molar-refractivity contribution is 5.92. The van der Waals surface area contributed by atoms with Crippen molar-refractivity contribution in [2.45, 2.75) is 40.2 Å². The van der Waals surface area contributed by atoms with E-state index in [9.17, 15) is 4.79 Å². The topological polar surface area (TPSA) is 56.2 Å². The van der Waals surface area contributed by atoms with E-state index in [0.717, 1.165) is 53.1 Å². The van der Waals surface area contributed by atoms with Crippen LogP contribution >= 0.6 is 0 Å². The van der Waals surface area contributed by atoms with Gasteiger partial charge in [0, 0.05) is 18.5 Å². The van der Waals surface area contributed by atoms with Crippen molar-refractivity contribution in [2.24, 2.45) is 0 Å². The summed E-state index contributed by atoms with van der Waals surface area (Å²) in [6, 6.07) is 14.3. The molecule has 1 N–H and O–H groups in total. The third kappa shape index (κ3) is 5.05. The summed E-state index contributed by atoms with van der Waals surface area (Å²) < 4.78 is 8.34. The summed E-state index contributed by atoms with van der Waals surface area (Å²) in [6.45, 7) is 11.4. The van der Waals surface area contributed by atoms with Gasteiger partial charge in [-0.25, -0.2) is 4.98 Å². The van der Waals surface area contributed by atoms with Crippen LogP contribution in [0.2, 0.25) is 0 Å². The lowest BCUT2D eigenvalue weighted by Gasteiger charge is -2.14. The molecule has 3 rings (SSSR count). The number of aryl methyl sites for hydroxylation is 3. The average Bonchev–Trinajstić information content (AvgIpc) is 3.04. The molecule has 1 amide bonds. The minimum atomic E-state index is -0.0968. The second-order valence-corrected chi connectivity index (χ2v) is 7.38. The normalized spacial score (nSPS) is 10.9. The van der Waals surface area contributed by atoms with E-state index in [-0.39, 0.29) is 5.91 Å². The van der Waals surface area contributed by atoms with E-state index in [0.29, 0.717) is 18.7 Å². The Hall–Kier alpha value is -3.08. The second-order valence-electron chi connectivity index (χ2n) is 7.38. The first-order chi connectivity index (χ1) is 14.0. The number of nitrogens with zero attached hydrogens (tertiary/aromatic N) is 2. The van der Waals surface area contributed by atoms with E-state index in [4.69, 9.17) is 9.72 Å². The molecule has 0 spiro atoms. The van der Waals surface area contributed by atoms with Gasteiger partial charge < -0.3 is 14.6 Å². The summed E-state index contributed by atoms with van der Waals surface area (Å²) in [5, 5.41) is 2.88. The maximum atomic E-state index is 11.6. The predicted molar refractivity (Wildman–Crippen MR) is 117 cm³/mol. The summed E-state index contributed by atoms with van der Waals surface area (Å²) in [5.74, 6) is 1.88. The molecule has 0 aliphatic rings. The number of hydrogen-bond acceptors (Lipinski definition) is 3. The lowest BCUT2D eigenvalue weighted by Crippen LogP contribution is -2.25. The van der Waals surface area contributed by atoms with Gasteiger partial charge in [-0.3, -0.25) is 4.79 Å². The summed E-state index contributed by atoms with van der Waals surface area (Å²) in [6.07, 6.45) is 1.61. The number of carbonyl (C=O) groups excluding carboxylic acids is 1. The fourth-order valence-corrected chi connectivity index (χ4v) is 3.43. The quantitative estimate of drug-likeness (QED) is 0.436. The fourth-order valence-electron chi connectivity index (χ4n) is 3.43. The van der Waals surface area contributed by atoms with Crippen LogP contribution in [0.3, 0.4) is 0 Å². The molecule has 0 saturated carbocycles. The third-order valence-electron chi connectivity index (χ3n) is 4.95. The van der Waals surface area contributed by atoms with E-state index in [1.54, 1.807) is 6.92 Å². The minimum Gasteiger partial charge on any atom is -0.491 e. The third-order valence-corrected chi connectivity index (χ3v) is 4.95. The number of ether oxygens (including phenoxy) is 1. The maximum absolute atomic E-state index is 11.6. The summed E-state index contributed by atoms with van der Waals surface area (Å²) in [7, 11) is 0. The average molecular weight is 392 g/mol. The van der Waals surface area contributed by atoms with Crippen molar-refractivity contribution >= 4 is 16.9 Å². The van der Waals surface area contributed by atoms with Gasteiger partial charge >= 0.3 is 0 Å². The first-order valence-electron chi connectivity index (χ1n) is 10.0. The van der Waals surface area contributed by atoms with Crippen LogP contribution in [-0.4, -0.2) is 28.6 Å². The Labute approximate surface area is 172 Å². The van der Waals surface area contributed by atoms with Crippen LogP contribution < -0.4 is 10.1 Å². The van der Waals surface area contributed by atoms with Crippen molar-refractivity contribution in [3.63, 3.8) is 0 Å². The Morgan fingerprint density at radius 3 is 2.59 bits per heavy atom. The largest absolute Gasteiger partial charge is 0.491 e. The Morgan fingerprint density at radius 1 is 1.14 bits per heavy atom. The molecule has 0 bridgehead atoms. The van der Waals surface area contributed by atoms with Gasteiger partial charge in [-0.2, -0.15) is 0 Å². The zero-order chi connectivity index (χ0) is 20.8. The molecule has 0 saturated heterocycles. The molecule has 5 heteroatoms. The number of hydrogen-bond donors (Lipinski definition) is 1. The number of rotatable bonds is 9. The lowest BCUT2D eigenvalue weighted by atomic mass is 10.1. The van der Waals surface area contributed by atoms with Crippen molar-refractivity contribution in [3.8, 4) is 5.75 Å². The molecule has 0 unspecified atom stereocenters. The highest BCUT2D eigenvalue weighted by atomic mass is 16.5. The van der Waals surface area contributed by atoms with E-state index in [1.807, 2.05) is 24.3 Å². The number of fused-ring (bicyclic) bond motifs is 1. The van der Waals surface area contributed by atoms with Gasteiger partial charge in [0.1, 0.15) is 18.2 Å². The Balaban J connectivity index is 1.68. The van der Waals surface area contributed by atoms with Crippen LogP contribution in [0.1, 0.15) is 30.3 Å². The molecule has 152 valence electrons. The Morgan fingerprint density at radius 2 is 1.86 bits per heavy atom. The summed E-state index contributed by atoms with van der Waals surface area (Å²) in [4.78, 5) is 16.4. The van der Waals surface area contributed by atoms with E-state index < -0.39 is 0 Å². The molecule has 3 aromatic rings. The van der Waals surface area contributed by atoms with Gasteiger partial charge in [0.25, 0.3) is 0 Å². The number of imidazole rings is 1. The van der Waals surface area contributed by atoms with Crippen LogP contribution in [0.5, 0.6) is 5.75 Å². The van der Waals surface area contributed by atoms with Crippen molar-refractivity contribution < 1.29 is 9.53 Å². The molecule has 1 aromatic heterocycles. The highest BCUT2D eigenvalue weighted by Crippen LogP contribution is 2.23. The molecule has 5 nitrogen and oxygen atoms in total. The highest BCUT2D eigenvalue weighted by Gasteiger charge is 2.11. The number of aromatic nitrogens is 2. The monoisotopic (exact) mass is 391 g/mol. The number of benzene rings is 2. The van der Waals surface area contributed by atoms with Gasteiger partial charge in [0.05, 0.1) is 17.6 Å². The summed E-state index contributed by atoms with van der Waals surface area (Å²) in [5.41, 5.74) is 4.92. The van der Waals surface area contributed by atoms with Gasteiger partial charge in [0.2, 0.25) is 5.91 Å². The van der Waals surface area contributed by atoms with Gasteiger partial charge in [0.15, 0.2) is 0 Å². The van der Waals surface area contributed by atoms with Gasteiger partial charge in [-0.15, -0.1) is 0 Å². The molecule has 0 fully saturated rings. The Kier molecular flexibility index (Phi) is 6.70. The first-order valence-corrected chi connectivity index (χ1v) is 10.0. The standard InChI is InChI=1S/C24H29N3O2/c1-17(2)24(28)25-14-8-13-22-26-20-11-5-6-12-21(20)27(22)15-16-29-23-18(3)9-7-10-19(23)4/h5-7,9-12H,1,8,13-16H2,2-4H3,(H,25,28). The van der Waals surface area contributed by atoms with Crippen LogP contribution in [0.4, 0.5) is 0 Å². The van der Waals surface area contributed by atoms with Crippen molar-refractivity contribution in [1.29, 1.82) is 0 Å². The van der Waals surface area contributed by atoms with Crippen LogP contribution in [0, 0.1) is 13.8 Å². The van der Waals surface area contributed by atoms with Crippen molar-refractivity contribution in [2.75, 3.05) is 13.2 Å². The van der Waals surface area contributed by atoms with Crippen LogP contribution in [0.25, 0.3) is 11.0 Å². The van der Waals surface area contributed by atoms with Crippen LogP contribution in [-0.2, 0) is 17.8 Å². The molecule has 0 radical (unpaired) electrons. The molecule has 29 heavy (non-hydrogen) atoms. The predicted octanol–water partition coefficient (Wildman–Crippen LogP) is 4.36. The molecular weight excluding hydrogens is 362 g/mol. The first kappa shape index (κ1) is 20.6. The number of nitrogens with one attached hydrogen (secondary N) is 1. The molecular formula is C24H29N3O2. The molecule has 0 aliphatic heterocycles. The Bertz CT molecular complexity index is 1000. The van der Waals surface area contributed by atoms with Crippen LogP contribution in [0.15, 0.2) is 54.6 Å². The molecule has 0 aliphatic carbocycles. The zero-order valence-corrected chi connectivity index (χ0v) is 17.5. The molecule has 2 aromatic carbocycles. The molecule has 1 heterocycles. The van der Waals surface area contributed by atoms with E-state index in [2.05, 4.69) is 48.5 Å². The van der Waals surface area contributed by atoms with E-state index >= 15 is 0 Å². The molecule has 0 atom stereocenters. The van der Waals surface area contributed by atoms with Crippen molar-refractivity contribution in [3.05, 3.63) is 71.6 Å². The lowest BCUT2D eigenvalue weighted by molar-refractivity contribution is -0.117. The second kappa shape index (κ2) is 9.41. The maximum Gasteiger partial charge on any atom is 0.246 e. The number of carbonyl (C=O) groups is 1. The van der Waals surface area contributed by atoms with Crippen molar-refractivity contribution in [1.82, 2.24) is 14.9 Å². The number of para-hydroxylation sites is 3. The fraction of sp³-hybridized carbons (Fsp3) is 0.333. The SMILES string of the molecule is C=C(C)C(=O)NCCCc1nc2ccccc2n1CCOc1c(C)cccc1C. The number of amides is 1. The summed E-state index contributed by atoms with van der Waals surface area (Å²) >= 11 is 0. The zero-order valence-electron chi connectivity index (χ0n) is 17.5.